The number of amides is 1. The summed E-state index contributed by atoms with van der Waals surface area (Å²) in [4.78, 5) is 14.6. The van der Waals surface area contributed by atoms with E-state index >= 15 is 0 Å². The van der Waals surface area contributed by atoms with Gasteiger partial charge in [0, 0.05) is 17.6 Å². The second-order valence-electron chi connectivity index (χ2n) is 7.22. The van der Waals surface area contributed by atoms with E-state index in [2.05, 4.69) is 0 Å². The van der Waals surface area contributed by atoms with Crippen LogP contribution in [0.1, 0.15) is 23.1 Å². The molecule has 1 unspecified atom stereocenters. The predicted molar refractivity (Wildman–Crippen MR) is 110 cm³/mol. The van der Waals surface area contributed by atoms with Gasteiger partial charge in [0.15, 0.2) is 16.4 Å². The Morgan fingerprint density at radius 1 is 1.18 bits per heavy atom. The molecule has 1 fully saturated rings. The summed E-state index contributed by atoms with van der Waals surface area (Å²) in [6.07, 6.45) is 0.458. The van der Waals surface area contributed by atoms with Gasteiger partial charge in [-0.15, -0.1) is 0 Å². The molecular weight excluding hydrogens is 398 g/mol. The highest BCUT2D eigenvalue weighted by Crippen LogP contribution is 2.26. The van der Waals surface area contributed by atoms with E-state index in [1.54, 1.807) is 17.0 Å². The van der Waals surface area contributed by atoms with E-state index in [4.69, 9.17) is 16.3 Å². The number of sulfone groups is 1. The molecule has 1 heterocycles. The third-order valence-electron chi connectivity index (χ3n) is 4.94. The molecule has 0 radical (unpaired) electrons. The van der Waals surface area contributed by atoms with Gasteiger partial charge in [0.1, 0.15) is 5.75 Å². The zero-order chi connectivity index (χ0) is 20.3. The molecule has 0 N–H and O–H groups in total. The highest BCUT2D eigenvalue weighted by atomic mass is 35.5. The van der Waals surface area contributed by atoms with Gasteiger partial charge in [0.2, 0.25) is 0 Å². The van der Waals surface area contributed by atoms with E-state index in [0.717, 1.165) is 16.7 Å². The molecule has 28 heavy (non-hydrogen) atoms. The Labute approximate surface area is 171 Å². The molecule has 0 bridgehead atoms. The molecule has 7 heteroatoms. The Bertz CT molecular complexity index is 937. The molecule has 0 spiro atoms. The molecule has 2 aromatic carbocycles. The molecule has 1 aliphatic heterocycles. The maximum atomic E-state index is 12.9. The molecule has 1 aliphatic rings. The Hall–Kier alpha value is -2.05. The molecule has 1 saturated heterocycles. The molecule has 1 amide bonds. The SMILES string of the molecule is Cc1cc(OCC(=O)N(Cc2ccccc2)C2CCS(=O)(=O)C2)cc(C)c1Cl. The van der Waals surface area contributed by atoms with Crippen LogP contribution in [0.25, 0.3) is 0 Å². The molecule has 0 aliphatic carbocycles. The van der Waals surface area contributed by atoms with Gasteiger partial charge in [0.05, 0.1) is 11.5 Å². The number of rotatable bonds is 6. The number of aryl methyl sites for hydroxylation is 2. The maximum Gasteiger partial charge on any atom is 0.261 e. The van der Waals surface area contributed by atoms with E-state index in [9.17, 15) is 13.2 Å². The Balaban J connectivity index is 1.74. The Kier molecular flexibility index (Phi) is 6.30. The highest BCUT2D eigenvalue weighted by Gasteiger charge is 2.34. The summed E-state index contributed by atoms with van der Waals surface area (Å²) in [5.74, 6) is 0.472. The summed E-state index contributed by atoms with van der Waals surface area (Å²) in [5, 5.41) is 0.681. The van der Waals surface area contributed by atoms with Gasteiger partial charge in [-0.05, 0) is 49.1 Å². The Morgan fingerprint density at radius 2 is 1.82 bits per heavy atom. The number of carbonyl (C=O) groups excluding carboxylic acids is 1. The van der Waals surface area contributed by atoms with Crippen molar-refractivity contribution in [2.45, 2.75) is 32.9 Å². The second kappa shape index (κ2) is 8.53. The summed E-state index contributed by atoms with van der Waals surface area (Å²) in [6, 6.07) is 12.8. The van der Waals surface area contributed by atoms with Gasteiger partial charge in [-0.2, -0.15) is 0 Å². The van der Waals surface area contributed by atoms with Crippen LogP contribution in [0.3, 0.4) is 0 Å². The molecule has 150 valence electrons. The van der Waals surface area contributed by atoms with Gasteiger partial charge in [0.25, 0.3) is 5.91 Å². The normalized spacial score (nSPS) is 18.0. The van der Waals surface area contributed by atoms with Crippen LogP contribution in [0, 0.1) is 13.8 Å². The summed E-state index contributed by atoms with van der Waals surface area (Å²) in [7, 11) is -3.10. The van der Waals surface area contributed by atoms with Crippen molar-refractivity contribution in [3.05, 3.63) is 64.2 Å². The largest absolute Gasteiger partial charge is 0.484 e. The van der Waals surface area contributed by atoms with E-state index in [1.807, 2.05) is 44.2 Å². The first kappa shape index (κ1) is 20.7. The van der Waals surface area contributed by atoms with Crippen molar-refractivity contribution in [2.75, 3.05) is 18.1 Å². The first-order chi connectivity index (χ1) is 13.2. The molecular formula is C21H24ClNO4S. The molecule has 0 saturated carbocycles. The minimum atomic E-state index is -3.10. The summed E-state index contributed by atoms with van der Waals surface area (Å²) in [6.45, 7) is 3.98. The molecule has 2 aromatic rings. The zero-order valence-corrected chi connectivity index (χ0v) is 17.6. The summed E-state index contributed by atoms with van der Waals surface area (Å²) < 4.78 is 29.6. The van der Waals surface area contributed by atoms with Gasteiger partial charge in [-0.1, -0.05) is 41.9 Å². The fourth-order valence-electron chi connectivity index (χ4n) is 3.44. The number of nitrogens with zero attached hydrogens (tertiary/aromatic N) is 1. The van der Waals surface area contributed by atoms with Crippen molar-refractivity contribution in [3.8, 4) is 5.75 Å². The number of carbonyl (C=O) groups is 1. The Morgan fingerprint density at radius 3 is 2.39 bits per heavy atom. The monoisotopic (exact) mass is 421 g/mol. The predicted octanol–water partition coefficient (Wildman–Crippen LogP) is 3.55. The summed E-state index contributed by atoms with van der Waals surface area (Å²) >= 11 is 6.18. The van der Waals surface area contributed by atoms with Crippen LogP contribution < -0.4 is 4.74 Å². The summed E-state index contributed by atoms with van der Waals surface area (Å²) in [5.41, 5.74) is 2.72. The minimum Gasteiger partial charge on any atom is -0.484 e. The van der Waals surface area contributed by atoms with Crippen LogP contribution in [0.4, 0.5) is 0 Å². The fraction of sp³-hybridized carbons (Fsp3) is 0.381. The van der Waals surface area contributed by atoms with Crippen molar-refractivity contribution in [1.82, 2.24) is 4.90 Å². The zero-order valence-electron chi connectivity index (χ0n) is 16.0. The van der Waals surface area contributed by atoms with Crippen LogP contribution in [-0.4, -0.2) is 43.4 Å². The third kappa shape index (κ3) is 5.06. The van der Waals surface area contributed by atoms with E-state index in [-0.39, 0.29) is 30.1 Å². The first-order valence-corrected chi connectivity index (χ1v) is 11.4. The van der Waals surface area contributed by atoms with Crippen molar-refractivity contribution in [3.63, 3.8) is 0 Å². The lowest BCUT2D eigenvalue weighted by Gasteiger charge is -2.28. The minimum absolute atomic E-state index is 0.00470. The number of benzene rings is 2. The first-order valence-electron chi connectivity index (χ1n) is 9.18. The molecule has 0 aromatic heterocycles. The van der Waals surface area contributed by atoms with Crippen molar-refractivity contribution < 1.29 is 17.9 Å². The quantitative estimate of drug-likeness (QED) is 0.715. The lowest BCUT2D eigenvalue weighted by molar-refractivity contribution is -0.136. The van der Waals surface area contributed by atoms with E-state index in [0.29, 0.717) is 23.7 Å². The lowest BCUT2D eigenvalue weighted by atomic mass is 10.1. The van der Waals surface area contributed by atoms with Crippen LogP contribution in [0.15, 0.2) is 42.5 Å². The van der Waals surface area contributed by atoms with Crippen LogP contribution >= 0.6 is 11.6 Å². The smallest absolute Gasteiger partial charge is 0.261 e. The standard InChI is InChI=1S/C21H24ClNO4S/c1-15-10-19(11-16(2)21(15)22)27-13-20(24)23(12-17-6-4-3-5-7-17)18-8-9-28(25,26)14-18/h3-7,10-11,18H,8-9,12-14H2,1-2H3. The number of halogens is 1. The van der Waals surface area contributed by atoms with E-state index < -0.39 is 9.84 Å². The van der Waals surface area contributed by atoms with Gasteiger partial charge >= 0.3 is 0 Å². The van der Waals surface area contributed by atoms with Crippen LogP contribution in [0.2, 0.25) is 5.02 Å². The number of hydrogen-bond acceptors (Lipinski definition) is 4. The van der Waals surface area contributed by atoms with Gasteiger partial charge in [-0.3, -0.25) is 4.79 Å². The average molecular weight is 422 g/mol. The van der Waals surface area contributed by atoms with E-state index in [1.165, 1.54) is 0 Å². The van der Waals surface area contributed by atoms with Gasteiger partial charge < -0.3 is 9.64 Å². The fourth-order valence-corrected chi connectivity index (χ4v) is 5.28. The highest BCUT2D eigenvalue weighted by molar-refractivity contribution is 7.91. The second-order valence-corrected chi connectivity index (χ2v) is 9.83. The topological polar surface area (TPSA) is 63.7 Å². The van der Waals surface area contributed by atoms with Gasteiger partial charge in [-0.25, -0.2) is 8.42 Å². The van der Waals surface area contributed by atoms with Crippen molar-refractivity contribution in [2.24, 2.45) is 0 Å². The van der Waals surface area contributed by atoms with Crippen molar-refractivity contribution in [1.29, 1.82) is 0 Å². The van der Waals surface area contributed by atoms with Crippen molar-refractivity contribution >= 4 is 27.3 Å². The third-order valence-corrected chi connectivity index (χ3v) is 7.28. The molecule has 3 rings (SSSR count). The molecule has 5 nitrogen and oxygen atoms in total. The number of ether oxygens (including phenoxy) is 1. The number of hydrogen-bond donors (Lipinski definition) is 0. The van der Waals surface area contributed by atoms with Crippen LogP contribution in [0.5, 0.6) is 5.75 Å². The lowest BCUT2D eigenvalue weighted by Crippen LogP contribution is -2.43. The average Bonchev–Trinajstić information content (AvgIpc) is 3.02. The van der Waals surface area contributed by atoms with Crippen LogP contribution in [-0.2, 0) is 21.2 Å². The maximum absolute atomic E-state index is 12.9. The molecule has 1 atom stereocenters.